The third-order valence-electron chi connectivity index (χ3n) is 3.73. The first-order valence-electron chi connectivity index (χ1n) is 8.26. The Labute approximate surface area is 147 Å². The van der Waals surface area contributed by atoms with Crippen molar-refractivity contribution in [2.24, 2.45) is 5.92 Å². The number of hydrogen-bond acceptors (Lipinski definition) is 4. The fourth-order valence-corrected chi connectivity index (χ4v) is 2.43. The molecule has 0 saturated heterocycles. The van der Waals surface area contributed by atoms with Crippen molar-refractivity contribution in [3.05, 3.63) is 47.8 Å². The summed E-state index contributed by atoms with van der Waals surface area (Å²) in [6, 6.07) is 6.65. The van der Waals surface area contributed by atoms with E-state index in [1.807, 2.05) is 18.7 Å². The molecule has 0 aliphatic rings. The van der Waals surface area contributed by atoms with Gasteiger partial charge >= 0.3 is 5.97 Å². The zero-order chi connectivity index (χ0) is 18.6. The van der Waals surface area contributed by atoms with E-state index in [2.05, 4.69) is 23.8 Å². The smallest absolute Gasteiger partial charge is 0.337 e. The molecule has 1 N–H and O–H groups in total. The minimum Gasteiger partial charge on any atom is -0.478 e. The topological polar surface area (TPSA) is 83.4 Å². The molecule has 132 valence electrons. The molecule has 25 heavy (non-hydrogen) atoms. The summed E-state index contributed by atoms with van der Waals surface area (Å²) < 4.78 is 0. The molecule has 0 fully saturated rings. The maximum atomic E-state index is 12.7. The Kier molecular flexibility index (Phi) is 5.85. The third kappa shape index (κ3) is 4.62. The quantitative estimate of drug-likeness (QED) is 0.871. The Hall–Kier alpha value is -2.76. The molecule has 0 radical (unpaired) electrons. The Morgan fingerprint density at radius 1 is 0.960 bits per heavy atom. The third-order valence-corrected chi connectivity index (χ3v) is 3.73. The average Bonchev–Trinajstić information content (AvgIpc) is 2.59. The monoisotopic (exact) mass is 341 g/mol. The second kappa shape index (κ2) is 7.88. The van der Waals surface area contributed by atoms with Crippen molar-refractivity contribution in [2.45, 2.75) is 33.7 Å². The van der Waals surface area contributed by atoms with Crippen molar-refractivity contribution in [3.63, 3.8) is 0 Å². The van der Waals surface area contributed by atoms with Gasteiger partial charge < -0.3 is 10.0 Å². The number of carbonyl (C=O) groups is 2. The van der Waals surface area contributed by atoms with Gasteiger partial charge in [-0.1, -0.05) is 13.8 Å². The molecule has 2 rings (SSSR count). The molecule has 2 aromatic rings. The van der Waals surface area contributed by atoms with Crippen LogP contribution in [-0.2, 0) is 0 Å². The van der Waals surface area contributed by atoms with Crippen LogP contribution >= 0.6 is 0 Å². The molecule has 0 saturated carbocycles. The van der Waals surface area contributed by atoms with Crippen molar-refractivity contribution in [2.75, 3.05) is 6.54 Å². The molecular weight excluding hydrogens is 318 g/mol. The highest BCUT2D eigenvalue weighted by molar-refractivity contribution is 5.94. The maximum Gasteiger partial charge on any atom is 0.337 e. The van der Waals surface area contributed by atoms with Gasteiger partial charge in [0.15, 0.2) is 0 Å². The summed E-state index contributed by atoms with van der Waals surface area (Å²) in [5.74, 6) is -0.681. The minimum atomic E-state index is -1.02. The fraction of sp³-hybridized carbons (Fsp3) is 0.368. The van der Waals surface area contributed by atoms with Crippen LogP contribution < -0.4 is 0 Å². The largest absolute Gasteiger partial charge is 0.478 e. The van der Waals surface area contributed by atoms with E-state index in [4.69, 9.17) is 5.11 Å². The van der Waals surface area contributed by atoms with Crippen LogP contribution in [0.5, 0.6) is 0 Å². The molecule has 6 heteroatoms. The van der Waals surface area contributed by atoms with E-state index in [1.54, 1.807) is 24.4 Å². The Morgan fingerprint density at radius 2 is 1.48 bits per heavy atom. The van der Waals surface area contributed by atoms with Gasteiger partial charge in [0.05, 0.1) is 22.5 Å². The van der Waals surface area contributed by atoms with Crippen molar-refractivity contribution in [3.8, 4) is 11.4 Å². The summed E-state index contributed by atoms with van der Waals surface area (Å²) in [4.78, 5) is 33.8. The van der Waals surface area contributed by atoms with Crippen molar-refractivity contribution < 1.29 is 14.7 Å². The first-order valence-corrected chi connectivity index (χ1v) is 8.26. The molecule has 0 spiro atoms. The Bertz CT molecular complexity index is 738. The van der Waals surface area contributed by atoms with Crippen LogP contribution in [0.15, 0.2) is 36.7 Å². The van der Waals surface area contributed by atoms with Gasteiger partial charge in [-0.2, -0.15) is 0 Å². The number of rotatable bonds is 6. The molecule has 0 bridgehead atoms. The van der Waals surface area contributed by atoms with Crippen LogP contribution in [0.1, 0.15) is 48.4 Å². The lowest BCUT2D eigenvalue weighted by Crippen LogP contribution is -2.39. The van der Waals surface area contributed by atoms with Gasteiger partial charge in [0.2, 0.25) is 0 Å². The second-order valence-electron chi connectivity index (χ2n) is 6.61. The number of pyridine rings is 2. The van der Waals surface area contributed by atoms with Crippen LogP contribution in [0.2, 0.25) is 0 Å². The first kappa shape index (κ1) is 18.6. The van der Waals surface area contributed by atoms with E-state index in [1.165, 1.54) is 12.3 Å². The zero-order valence-electron chi connectivity index (χ0n) is 14.9. The molecule has 0 aliphatic heterocycles. The van der Waals surface area contributed by atoms with Crippen LogP contribution in [0.4, 0.5) is 0 Å². The van der Waals surface area contributed by atoms with E-state index in [9.17, 15) is 9.59 Å². The van der Waals surface area contributed by atoms with Gasteiger partial charge in [-0.3, -0.25) is 14.8 Å². The predicted molar refractivity (Wildman–Crippen MR) is 95.4 cm³/mol. The molecular formula is C19H23N3O3. The number of carboxylic acids is 1. The van der Waals surface area contributed by atoms with E-state index >= 15 is 0 Å². The van der Waals surface area contributed by atoms with E-state index in [0.717, 1.165) is 0 Å². The van der Waals surface area contributed by atoms with Crippen LogP contribution in [-0.4, -0.2) is 44.4 Å². The lowest BCUT2D eigenvalue weighted by Gasteiger charge is -2.28. The van der Waals surface area contributed by atoms with E-state index in [0.29, 0.717) is 29.4 Å². The van der Waals surface area contributed by atoms with E-state index < -0.39 is 5.97 Å². The number of aromatic nitrogens is 2. The normalized spacial score (nSPS) is 11.0. The molecule has 0 aliphatic carbocycles. The predicted octanol–water partition coefficient (Wildman–Crippen LogP) is 3.35. The van der Waals surface area contributed by atoms with Crippen LogP contribution in [0.25, 0.3) is 11.4 Å². The van der Waals surface area contributed by atoms with Crippen molar-refractivity contribution in [1.29, 1.82) is 0 Å². The SMILES string of the molecule is CC(C)CN(C(=O)c1ccc(-c2ccc(C(=O)O)cn2)nc1)C(C)C. The molecule has 2 aromatic heterocycles. The first-order chi connectivity index (χ1) is 11.8. The molecule has 6 nitrogen and oxygen atoms in total. The van der Waals surface area contributed by atoms with Crippen molar-refractivity contribution in [1.82, 2.24) is 14.9 Å². The number of carbonyl (C=O) groups excluding carboxylic acids is 1. The lowest BCUT2D eigenvalue weighted by atomic mass is 10.1. The maximum absolute atomic E-state index is 12.7. The lowest BCUT2D eigenvalue weighted by molar-refractivity contribution is 0.0677. The van der Waals surface area contributed by atoms with Crippen LogP contribution in [0, 0.1) is 5.92 Å². The molecule has 0 unspecified atom stereocenters. The van der Waals surface area contributed by atoms with Gasteiger partial charge in [-0.25, -0.2) is 4.79 Å². The molecule has 1 amide bonds. The average molecular weight is 341 g/mol. The number of amides is 1. The number of aromatic carboxylic acids is 1. The summed E-state index contributed by atoms with van der Waals surface area (Å²) in [5, 5.41) is 8.91. The molecule has 0 atom stereocenters. The fourth-order valence-electron chi connectivity index (χ4n) is 2.43. The van der Waals surface area contributed by atoms with Gasteiger partial charge in [0, 0.05) is 25.0 Å². The van der Waals surface area contributed by atoms with Gasteiger partial charge in [0.1, 0.15) is 0 Å². The minimum absolute atomic E-state index is 0.0445. The number of nitrogens with zero attached hydrogens (tertiary/aromatic N) is 3. The van der Waals surface area contributed by atoms with Gasteiger partial charge in [-0.15, -0.1) is 0 Å². The highest BCUT2D eigenvalue weighted by atomic mass is 16.4. The zero-order valence-corrected chi connectivity index (χ0v) is 14.9. The Balaban J connectivity index is 2.20. The van der Waals surface area contributed by atoms with Crippen molar-refractivity contribution >= 4 is 11.9 Å². The van der Waals surface area contributed by atoms with Gasteiger partial charge in [0.25, 0.3) is 5.91 Å². The standard InChI is InChI=1S/C19H23N3O3/c1-12(2)11-22(13(3)4)18(23)14-5-7-16(20-9-14)17-8-6-15(10-21-17)19(24)25/h5-10,12-13H,11H2,1-4H3,(H,24,25). The summed E-state index contributed by atoms with van der Waals surface area (Å²) in [6.45, 7) is 8.84. The number of hydrogen-bond donors (Lipinski definition) is 1. The molecule has 0 aromatic carbocycles. The second-order valence-corrected chi connectivity index (χ2v) is 6.61. The van der Waals surface area contributed by atoms with E-state index in [-0.39, 0.29) is 17.5 Å². The highest BCUT2D eigenvalue weighted by Crippen LogP contribution is 2.17. The Morgan fingerprint density at radius 3 is 1.84 bits per heavy atom. The van der Waals surface area contributed by atoms with Crippen LogP contribution in [0.3, 0.4) is 0 Å². The summed E-state index contributed by atoms with van der Waals surface area (Å²) in [7, 11) is 0. The van der Waals surface area contributed by atoms with Gasteiger partial charge in [-0.05, 0) is 44.0 Å². The number of carboxylic acid groups (broad SMARTS) is 1. The highest BCUT2D eigenvalue weighted by Gasteiger charge is 2.20. The molecule has 2 heterocycles. The summed E-state index contributed by atoms with van der Waals surface area (Å²) in [6.07, 6.45) is 2.84. The summed E-state index contributed by atoms with van der Waals surface area (Å²) in [5.41, 5.74) is 1.80. The summed E-state index contributed by atoms with van der Waals surface area (Å²) >= 11 is 0.